The molecule has 1 aromatic rings. The molecule has 2 N–H and O–H groups in total. The van der Waals surface area contributed by atoms with Crippen LogP contribution in [0.5, 0.6) is 0 Å². The number of carbonyl (C=O) groups excluding carboxylic acids is 1. The largest absolute Gasteiger partial charge is 0.443 e. The number of ether oxygens (including phenoxy) is 1. The van der Waals surface area contributed by atoms with Gasteiger partial charge >= 0.3 is 6.09 Å². The molecule has 0 heterocycles. The molecular weight excluding hydrogens is 282 g/mol. The van der Waals surface area contributed by atoms with Gasteiger partial charge in [-0.15, -0.1) is 0 Å². The molecule has 1 amide bonds. The van der Waals surface area contributed by atoms with E-state index in [-0.39, 0.29) is 0 Å². The van der Waals surface area contributed by atoms with Crippen LogP contribution in [0.3, 0.4) is 0 Å². The summed E-state index contributed by atoms with van der Waals surface area (Å²) < 4.78 is 5.05. The van der Waals surface area contributed by atoms with Crippen LogP contribution in [0.4, 0.5) is 4.79 Å². The van der Waals surface area contributed by atoms with Gasteiger partial charge < -0.3 is 10.5 Å². The van der Waals surface area contributed by atoms with Crippen molar-refractivity contribution < 1.29 is 9.53 Å². The van der Waals surface area contributed by atoms with E-state index in [0.29, 0.717) is 6.42 Å². The molecule has 0 atom stereocenters. The van der Waals surface area contributed by atoms with Crippen molar-refractivity contribution in [1.82, 2.24) is 0 Å². The molecule has 0 bridgehead atoms. The SMILES string of the molecule is CC(C)(Cc1ccc(CCBr)cc1)OC(N)=O. The molecule has 0 unspecified atom stereocenters. The maximum atomic E-state index is 10.7. The predicted molar refractivity (Wildman–Crippen MR) is 72.4 cm³/mol. The molecule has 0 aromatic heterocycles. The smallest absolute Gasteiger partial charge is 0.405 e. The van der Waals surface area contributed by atoms with Crippen molar-refractivity contribution >= 4 is 22.0 Å². The lowest BCUT2D eigenvalue weighted by Crippen LogP contribution is -2.33. The Kier molecular flexibility index (Phi) is 5.00. The van der Waals surface area contributed by atoms with Crippen molar-refractivity contribution in [2.75, 3.05) is 5.33 Å². The molecule has 0 saturated heterocycles. The van der Waals surface area contributed by atoms with Gasteiger partial charge in [0.05, 0.1) is 0 Å². The van der Waals surface area contributed by atoms with Crippen molar-refractivity contribution in [3.63, 3.8) is 0 Å². The highest BCUT2D eigenvalue weighted by molar-refractivity contribution is 9.09. The molecule has 0 aliphatic heterocycles. The number of aryl methyl sites for hydroxylation is 1. The lowest BCUT2D eigenvalue weighted by molar-refractivity contribution is 0.0460. The Hall–Kier alpha value is -1.03. The van der Waals surface area contributed by atoms with E-state index >= 15 is 0 Å². The molecular formula is C13H18BrNO2. The summed E-state index contributed by atoms with van der Waals surface area (Å²) >= 11 is 3.41. The van der Waals surface area contributed by atoms with Crippen LogP contribution in [0.2, 0.25) is 0 Å². The van der Waals surface area contributed by atoms with Gasteiger partial charge in [0.25, 0.3) is 0 Å². The van der Waals surface area contributed by atoms with E-state index < -0.39 is 11.7 Å². The normalized spacial score (nSPS) is 11.2. The topological polar surface area (TPSA) is 52.3 Å². The zero-order valence-corrected chi connectivity index (χ0v) is 11.8. The van der Waals surface area contributed by atoms with E-state index in [2.05, 4.69) is 40.2 Å². The Morgan fingerprint density at radius 2 is 1.82 bits per heavy atom. The summed E-state index contributed by atoms with van der Waals surface area (Å²) in [6.07, 6.45) is 0.942. The number of alkyl halides is 1. The highest BCUT2D eigenvalue weighted by Crippen LogP contribution is 2.17. The minimum absolute atomic E-state index is 0.567. The van der Waals surface area contributed by atoms with Crippen molar-refractivity contribution in [3.8, 4) is 0 Å². The summed E-state index contributed by atoms with van der Waals surface area (Å²) in [7, 11) is 0. The number of primary amides is 1. The molecule has 4 heteroatoms. The standard InChI is InChI=1S/C13H18BrNO2/c1-13(2,17-12(15)16)9-11-5-3-10(4-6-11)7-8-14/h3-6H,7-9H2,1-2H3,(H2,15,16). The second-order valence-corrected chi connectivity index (χ2v) is 5.41. The van der Waals surface area contributed by atoms with Crippen LogP contribution >= 0.6 is 15.9 Å². The highest BCUT2D eigenvalue weighted by atomic mass is 79.9. The van der Waals surface area contributed by atoms with E-state index in [1.807, 2.05) is 13.8 Å². The van der Waals surface area contributed by atoms with E-state index in [1.165, 1.54) is 5.56 Å². The van der Waals surface area contributed by atoms with Gasteiger partial charge in [0.15, 0.2) is 0 Å². The second kappa shape index (κ2) is 6.05. The van der Waals surface area contributed by atoms with E-state index in [4.69, 9.17) is 10.5 Å². The summed E-state index contributed by atoms with van der Waals surface area (Å²) in [6, 6.07) is 8.31. The van der Waals surface area contributed by atoms with Gasteiger partial charge in [-0.2, -0.15) is 0 Å². The van der Waals surface area contributed by atoms with Gasteiger partial charge in [0, 0.05) is 11.8 Å². The van der Waals surface area contributed by atoms with Crippen LogP contribution in [0.1, 0.15) is 25.0 Å². The van der Waals surface area contributed by atoms with Crippen LogP contribution < -0.4 is 5.73 Å². The highest BCUT2D eigenvalue weighted by Gasteiger charge is 2.21. The van der Waals surface area contributed by atoms with Crippen LogP contribution in [0.25, 0.3) is 0 Å². The average Bonchev–Trinajstić information content (AvgIpc) is 2.18. The predicted octanol–water partition coefficient (Wildman–Crippen LogP) is 3.04. The number of rotatable bonds is 5. The number of hydrogen-bond donors (Lipinski definition) is 1. The first-order valence-corrected chi connectivity index (χ1v) is 6.67. The average molecular weight is 300 g/mol. The Morgan fingerprint density at radius 3 is 2.29 bits per heavy atom. The molecule has 0 saturated carbocycles. The van der Waals surface area contributed by atoms with Crippen LogP contribution in [0.15, 0.2) is 24.3 Å². The number of halogens is 1. The zero-order chi connectivity index (χ0) is 12.9. The Bertz CT molecular complexity index is 374. The maximum Gasteiger partial charge on any atom is 0.405 e. The first-order valence-electron chi connectivity index (χ1n) is 5.55. The first-order chi connectivity index (χ1) is 7.93. The molecule has 94 valence electrons. The number of amides is 1. The lowest BCUT2D eigenvalue weighted by atomic mass is 9.97. The van der Waals surface area contributed by atoms with E-state index in [9.17, 15) is 4.79 Å². The second-order valence-electron chi connectivity index (χ2n) is 4.61. The molecule has 0 spiro atoms. The summed E-state index contributed by atoms with van der Waals surface area (Å²) in [5.74, 6) is 0. The van der Waals surface area contributed by atoms with Gasteiger partial charge in [0.2, 0.25) is 0 Å². The van der Waals surface area contributed by atoms with Crippen molar-refractivity contribution in [2.45, 2.75) is 32.3 Å². The molecule has 0 fully saturated rings. The van der Waals surface area contributed by atoms with E-state index in [0.717, 1.165) is 17.3 Å². The molecule has 3 nitrogen and oxygen atoms in total. The van der Waals surface area contributed by atoms with Crippen LogP contribution in [-0.2, 0) is 17.6 Å². The minimum atomic E-state index is -0.731. The lowest BCUT2D eigenvalue weighted by Gasteiger charge is -2.24. The molecule has 1 rings (SSSR count). The minimum Gasteiger partial charge on any atom is -0.443 e. The van der Waals surface area contributed by atoms with Crippen LogP contribution in [0, 0.1) is 0 Å². The fourth-order valence-electron chi connectivity index (χ4n) is 1.73. The van der Waals surface area contributed by atoms with Gasteiger partial charge in [-0.05, 0) is 31.4 Å². The maximum absolute atomic E-state index is 10.7. The summed E-state index contributed by atoms with van der Waals surface area (Å²) in [5.41, 5.74) is 6.89. The number of hydrogen-bond acceptors (Lipinski definition) is 2. The van der Waals surface area contributed by atoms with Gasteiger partial charge in [-0.25, -0.2) is 4.79 Å². The number of benzene rings is 1. The molecule has 17 heavy (non-hydrogen) atoms. The Balaban J connectivity index is 2.65. The third-order valence-corrected chi connectivity index (χ3v) is 2.81. The molecule has 0 aliphatic carbocycles. The monoisotopic (exact) mass is 299 g/mol. The Morgan fingerprint density at radius 1 is 1.29 bits per heavy atom. The fraction of sp³-hybridized carbons (Fsp3) is 0.462. The van der Waals surface area contributed by atoms with Crippen molar-refractivity contribution in [1.29, 1.82) is 0 Å². The summed E-state index contributed by atoms with van der Waals surface area (Å²) in [4.78, 5) is 10.7. The van der Waals surface area contributed by atoms with Crippen molar-refractivity contribution in [2.24, 2.45) is 5.73 Å². The molecule has 0 aliphatic rings. The van der Waals surface area contributed by atoms with Gasteiger partial charge in [-0.1, -0.05) is 40.2 Å². The third-order valence-electron chi connectivity index (χ3n) is 2.41. The molecule has 1 aromatic carbocycles. The van der Waals surface area contributed by atoms with Gasteiger partial charge in [-0.3, -0.25) is 0 Å². The van der Waals surface area contributed by atoms with Crippen molar-refractivity contribution in [3.05, 3.63) is 35.4 Å². The summed E-state index contributed by atoms with van der Waals surface area (Å²) in [5, 5.41) is 0.961. The third kappa shape index (κ3) is 5.22. The fourth-order valence-corrected chi connectivity index (χ4v) is 2.19. The van der Waals surface area contributed by atoms with E-state index in [1.54, 1.807) is 0 Å². The van der Waals surface area contributed by atoms with Gasteiger partial charge in [0.1, 0.15) is 5.60 Å². The zero-order valence-electron chi connectivity index (χ0n) is 10.2. The first kappa shape index (κ1) is 14.0. The molecule has 0 radical (unpaired) electrons. The number of nitrogens with two attached hydrogens (primary N) is 1. The quantitative estimate of drug-likeness (QED) is 0.850. The Labute approximate surface area is 110 Å². The van der Waals surface area contributed by atoms with Crippen LogP contribution in [-0.4, -0.2) is 17.0 Å². The summed E-state index contributed by atoms with van der Waals surface area (Å²) in [6.45, 7) is 3.70. The number of carbonyl (C=O) groups is 1.